The molecule has 32 heavy (non-hydrogen) atoms. The van der Waals surface area contributed by atoms with Crippen LogP contribution in [0.15, 0.2) is 91.0 Å². The summed E-state index contributed by atoms with van der Waals surface area (Å²) < 4.78 is 2.51. The smallest absolute Gasteiger partial charge is 0.0627 e. The van der Waals surface area contributed by atoms with Gasteiger partial charge < -0.3 is 4.40 Å². The molecule has 0 fully saturated rings. The minimum Gasteiger partial charge on any atom is -0.308 e. The van der Waals surface area contributed by atoms with Gasteiger partial charge in [-0.25, -0.2) is 0 Å². The van der Waals surface area contributed by atoms with Gasteiger partial charge in [-0.05, 0) is 51.2 Å². The van der Waals surface area contributed by atoms with E-state index in [1.807, 2.05) is 0 Å². The molecule has 0 unspecified atom stereocenters. The summed E-state index contributed by atoms with van der Waals surface area (Å²) in [5, 5.41) is 8.14. The zero-order chi connectivity index (χ0) is 21.2. The van der Waals surface area contributed by atoms with E-state index in [0.29, 0.717) is 0 Å². The zero-order valence-corrected chi connectivity index (χ0v) is 18.1. The van der Waals surface area contributed by atoms with E-state index in [9.17, 15) is 0 Å². The fourth-order valence-electron chi connectivity index (χ4n) is 6.53. The summed E-state index contributed by atoms with van der Waals surface area (Å²) in [5.41, 5.74) is 9.66. The van der Waals surface area contributed by atoms with E-state index in [1.54, 1.807) is 0 Å². The largest absolute Gasteiger partial charge is 0.308 e. The standard InChI is InChI=1S/C31H21N/c1-31(2)23-13-7-5-11-20(23)28-24(31)15-16-26-29(28)22-17-18-9-3-4-10-19(18)27-21-12-6-8-14-25(21)32(26)30(22)27/h3-17H,1-2H3. The van der Waals surface area contributed by atoms with Crippen molar-refractivity contribution in [1.29, 1.82) is 0 Å². The Morgan fingerprint density at radius 3 is 2.25 bits per heavy atom. The third-order valence-corrected chi connectivity index (χ3v) is 7.90. The molecule has 0 saturated heterocycles. The maximum absolute atomic E-state index is 2.51. The van der Waals surface area contributed by atoms with Crippen LogP contribution in [-0.4, -0.2) is 4.40 Å². The van der Waals surface area contributed by atoms with Gasteiger partial charge in [-0.1, -0.05) is 86.6 Å². The molecule has 8 rings (SSSR count). The molecule has 0 spiro atoms. The second kappa shape index (κ2) is 5.31. The number of hydrogen-bond donors (Lipinski definition) is 0. The van der Waals surface area contributed by atoms with E-state index < -0.39 is 0 Å². The highest BCUT2D eigenvalue weighted by atomic mass is 14.9. The van der Waals surface area contributed by atoms with Crippen LogP contribution in [0.25, 0.3) is 60.0 Å². The fourth-order valence-corrected chi connectivity index (χ4v) is 6.53. The molecule has 0 amide bonds. The van der Waals surface area contributed by atoms with Crippen LogP contribution in [0, 0.1) is 0 Å². The van der Waals surface area contributed by atoms with Gasteiger partial charge in [0, 0.05) is 27.0 Å². The predicted molar refractivity (Wildman–Crippen MR) is 136 cm³/mol. The van der Waals surface area contributed by atoms with Crippen LogP contribution < -0.4 is 0 Å². The van der Waals surface area contributed by atoms with Crippen molar-refractivity contribution in [1.82, 2.24) is 4.40 Å². The molecular weight excluding hydrogens is 386 g/mol. The monoisotopic (exact) mass is 407 g/mol. The van der Waals surface area contributed by atoms with Crippen LogP contribution in [0.5, 0.6) is 0 Å². The van der Waals surface area contributed by atoms with Crippen molar-refractivity contribution in [3.63, 3.8) is 0 Å². The van der Waals surface area contributed by atoms with E-state index in [1.165, 1.54) is 71.1 Å². The Morgan fingerprint density at radius 2 is 1.34 bits per heavy atom. The lowest BCUT2D eigenvalue weighted by molar-refractivity contribution is 0.661. The number of fused-ring (bicyclic) bond motifs is 12. The van der Waals surface area contributed by atoms with Crippen molar-refractivity contribution < 1.29 is 0 Å². The summed E-state index contributed by atoms with van der Waals surface area (Å²) in [6.45, 7) is 4.73. The minimum atomic E-state index is 0.0102. The number of rotatable bonds is 0. The lowest BCUT2D eigenvalue weighted by Gasteiger charge is -2.21. The molecular formula is C31H21N. The first-order valence-electron chi connectivity index (χ1n) is 11.4. The molecule has 1 aliphatic rings. The van der Waals surface area contributed by atoms with Gasteiger partial charge in [0.1, 0.15) is 0 Å². The Bertz CT molecular complexity index is 1900. The summed E-state index contributed by atoms with van der Waals surface area (Å²) in [4.78, 5) is 0. The van der Waals surface area contributed by atoms with E-state index in [4.69, 9.17) is 0 Å². The van der Waals surface area contributed by atoms with Crippen LogP contribution in [-0.2, 0) is 5.41 Å². The molecule has 0 N–H and O–H groups in total. The first kappa shape index (κ1) is 16.8. The second-order valence-electron chi connectivity index (χ2n) is 9.77. The highest BCUT2D eigenvalue weighted by molar-refractivity contribution is 6.33. The maximum atomic E-state index is 2.51. The Balaban J connectivity index is 1.74. The molecule has 1 aliphatic carbocycles. The minimum absolute atomic E-state index is 0.0102. The van der Waals surface area contributed by atoms with Crippen molar-refractivity contribution in [3.05, 3.63) is 102 Å². The van der Waals surface area contributed by atoms with Crippen molar-refractivity contribution in [2.75, 3.05) is 0 Å². The molecule has 0 bridgehead atoms. The van der Waals surface area contributed by atoms with Gasteiger partial charge in [-0.15, -0.1) is 0 Å². The van der Waals surface area contributed by atoms with Crippen LogP contribution in [0.1, 0.15) is 25.0 Å². The third kappa shape index (κ3) is 1.72. The molecule has 2 heterocycles. The van der Waals surface area contributed by atoms with Gasteiger partial charge in [-0.3, -0.25) is 0 Å². The Labute approximate surface area is 185 Å². The summed E-state index contributed by atoms with van der Waals surface area (Å²) in [6.07, 6.45) is 0. The molecule has 2 aromatic heterocycles. The van der Waals surface area contributed by atoms with Crippen molar-refractivity contribution >= 4 is 48.9 Å². The molecule has 7 aromatic rings. The Morgan fingerprint density at radius 1 is 0.594 bits per heavy atom. The first-order chi connectivity index (χ1) is 15.7. The zero-order valence-electron chi connectivity index (χ0n) is 18.1. The first-order valence-corrected chi connectivity index (χ1v) is 11.4. The number of para-hydroxylation sites is 1. The predicted octanol–water partition coefficient (Wildman–Crippen LogP) is 8.30. The summed E-state index contributed by atoms with van der Waals surface area (Å²) in [5.74, 6) is 0. The number of hydrogen-bond acceptors (Lipinski definition) is 0. The number of nitrogens with zero attached hydrogens (tertiary/aromatic N) is 1. The molecule has 1 heteroatoms. The van der Waals surface area contributed by atoms with E-state index in [2.05, 4.69) is 109 Å². The number of aromatic nitrogens is 1. The molecule has 0 atom stereocenters. The summed E-state index contributed by atoms with van der Waals surface area (Å²) in [7, 11) is 0. The molecule has 150 valence electrons. The third-order valence-electron chi connectivity index (χ3n) is 7.90. The lowest BCUT2D eigenvalue weighted by Crippen LogP contribution is -2.14. The molecule has 5 aromatic carbocycles. The molecule has 0 radical (unpaired) electrons. The van der Waals surface area contributed by atoms with Crippen LogP contribution in [0.2, 0.25) is 0 Å². The van der Waals surface area contributed by atoms with Gasteiger partial charge in [0.25, 0.3) is 0 Å². The van der Waals surface area contributed by atoms with Gasteiger partial charge >= 0.3 is 0 Å². The van der Waals surface area contributed by atoms with Gasteiger partial charge in [-0.2, -0.15) is 0 Å². The highest BCUT2D eigenvalue weighted by Crippen LogP contribution is 2.54. The van der Waals surface area contributed by atoms with Crippen molar-refractivity contribution in [2.45, 2.75) is 19.3 Å². The van der Waals surface area contributed by atoms with Gasteiger partial charge in [0.15, 0.2) is 0 Å². The van der Waals surface area contributed by atoms with E-state index >= 15 is 0 Å². The average Bonchev–Trinajstić information content (AvgIpc) is 3.42. The normalized spacial score (nSPS) is 14.8. The van der Waals surface area contributed by atoms with Crippen molar-refractivity contribution in [3.8, 4) is 11.1 Å². The van der Waals surface area contributed by atoms with Crippen molar-refractivity contribution in [2.24, 2.45) is 0 Å². The summed E-state index contributed by atoms with van der Waals surface area (Å²) >= 11 is 0. The Kier molecular flexibility index (Phi) is 2.79. The average molecular weight is 408 g/mol. The summed E-state index contributed by atoms with van der Waals surface area (Å²) in [6, 6.07) is 33.9. The molecule has 0 aliphatic heterocycles. The second-order valence-corrected chi connectivity index (χ2v) is 9.77. The lowest BCUT2D eigenvalue weighted by atomic mass is 9.82. The maximum Gasteiger partial charge on any atom is 0.0627 e. The van der Waals surface area contributed by atoms with Gasteiger partial charge in [0.05, 0.1) is 16.6 Å². The van der Waals surface area contributed by atoms with Crippen LogP contribution in [0.3, 0.4) is 0 Å². The quantitative estimate of drug-likeness (QED) is 0.238. The van der Waals surface area contributed by atoms with Crippen LogP contribution >= 0.6 is 0 Å². The van der Waals surface area contributed by atoms with Crippen LogP contribution in [0.4, 0.5) is 0 Å². The SMILES string of the molecule is CC1(C)c2ccccc2-c2c1ccc1c2c2cc3ccccc3c3c4ccccc4n1c23. The van der Waals surface area contributed by atoms with E-state index in [0.717, 1.165) is 0 Å². The van der Waals surface area contributed by atoms with E-state index in [-0.39, 0.29) is 5.41 Å². The number of benzene rings is 5. The topological polar surface area (TPSA) is 4.41 Å². The van der Waals surface area contributed by atoms with Gasteiger partial charge in [0.2, 0.25) is 0 Å². The highest BCUT2D eigenvalue weighted by Gasteiger charge is 2.37. The molecule has 1 nitrogen and oxygen atoms in total. The fraction of sp³-hybridized carbons (Fsp3) is 0.0968. The molecule has 0 saturated carbocycles. The Hall–Kier alpha value is -3.84.